The Morgan fingerprint density at radius 2 is 1.95 bits per heavy atom. The maximum atomic E-state index is 14.8. The number of alkyl halides is 1. The van der Waals surface area contributed by atoms with Crippen molar-refractivity contribution in [1.82, 2.24) is 15.2 Å². The van der Waals surface area contributed by atoms with Gasteiger partial charge in [-0.3, -0.25) is 9.88 Å². The number of methoxy groups -OCH3 is 1. The van der Waals surface area contributed by atoms with Crippen LogP contribution in [0.15, 0.2) is 42.6 Å². The lowest BCUT2D eigenvalue weighted by Crippen LogP contribution is -2.41. The summed E-state index contributed by atoms with van der Waals surface area (Å²) in [5.41, 5.74) is -1.60. The van der Waals surface area contributed by atoms with Crippen LogP contribution in [0.4, 0.5) is 23.8 Å². The van der Waals surface area contributed by atoms with Crippen molar-refractivity contribution < 1.29 is 27.4 Å². The van der Waals surface area contributed by atoms with E-state index in [1.807, 2.05) is 6.07 Å². The van der Waals surface area contributed by atoms with E-state index in [0.29, 0.717) is 0 Å². The van der Waals surface area contributed by atoms with Crippen LogP contribution in [0, 0.1) is 28.9 Å². The van der Waals surface area contributed by atoms with Crippen LogP contribution < -0.4 is 9.64 Å². The smallest absolute Gasteiger partial charge is 0.416 e. The first-order chi connectivity index (χ1) is 18.0. The number of anilines is 1. The number of pyridine rings is 1. The van der Waals surface area contributed by atoms with Gasteiger partial charge in [-0.2, -0.15) is 5.26 Å². The average Bonchev–Trinajstić information content (AvgIpc) is 3.42. The van der Waals surface area contributed by atoms with Crippen LogP contribution in [-0.2, 0) is 10.2 Å². The normalized spacial score (nSPS) is 23.5. The van der Waals surface area contributed by atoms with Crippen LogP contribution in [0.25, 0.3) is 11.3 Å². The quantitative estimate of drug-likeness (QED) is 0.458. The molecule has 0 N–H and O–H groups in total. The number of halogens is 3. The van der Waals surface area contributed by atoms with Gasteiger partial charge >= 0.3 is 6.09 Å². The molecule has 2 heterocycles. The average molecular weight is 524 g/mol. The molecule has 1 amide bonds. The Labute approximate surface area is 217 Å². The van der Waals surface area contributed by atoms with Gasteiger partial charge in [0.05, 0.1) is 30.1 Å². The lowest BCUT2D eigenvalue weighted by Gasteiger charge is -2.30. The highest BCUT2D eigenvalue weighted by Crippen LogP contribution is 2.71. The second-order valence-electron chi connectivity index (χ2n) is 10.3. The molecule has 0 bridgehead atoms. The molecule has 0 saturated heterocycles. The zero-order chi connectivity index (χ0) is 27.4. The molecule has 0 aliphatic heterocycles. The summed E-state index contributed by atoms with van der Waals surface area (Å²) < 4.78 is 54.9. The van der Waals surface area contributed by atoms with Crippen molar-refractivity contribution in [3.63, 3.8) is 0 Å². The van der Waals surface area contributed by atoms with Gasteiger partial charge in [0.1, 0.15) is 35.2 Å². The van der Waals surface area contributed by atoms with E-state index in [-0.39, 0.29) is 40.5 Å². The summed E-state index contributed by atoms with van der Waals surface area (Å²) in [5, 5.41) is 17.6. The van der Waals surface area contributed by atoms with Crippen molar-refractivity contribution in [2.24, 2.45) is 5.92 Å². The summed E-state index contributed by atoms with van der Waals surface area (Å²) in [4.78, 5) is 18.7. The molecule has 38 heavy (non-hydrogen) atoms. The number of ether oxygens (including phenoxy) is 2. The second-order valence-corrected chi connectivity index (χ2v) is 10.3. The Kier molecular flexibility index (Phi) is 6.01. The minimum atomic E-state index is -1.27. The van der Waals surface area contributed by atoms with Crippen LogP contribution in [0.2, 0.25) is 0 Å². The number of amides is 1. The first-order valence-electron chi connectivity index (χ1n) is 11.9. The Morgan fingerprint density at radius 3 is 2.53 bits per heavy atom. The van der Waals surface area contributed by atoms with Crippen LogP contribution in [-0.4, -0.2) is 46.2 Å². The van der Waals surface area contributed by atoms with Gasteiger partial charge < -0.3 is 9.47 Å². The third-order valence-corrected chi connectivity index (χ3v) is 6.93. The number of fused-ring (bicyclic) bond motifs is 1. The summed E-state index contributed by atoms with van der Waals surface area (Å²) >= 11 is 0. The second kappa shape index (κ2) is 8.97. The number of rotatable bonds is 5. The summed E-state index contributed by atoms with van der Waals surface area (Å²) in [5.74, 6) is -1.86. The minimum Gasteiger partial charge on any atom is -0.495 e. The molecule has 2 aromatic heterocycles. The number of nitriles is 1. The summed E-state index contributed by atoms with van der Waals surface area (Å²) in [6.45, 7) is 5.06. The molecule has 0 radical (unpaired) electrons. The maximum absolute atomic E-state index is 14.8. The number of benzene rings is 1. The molecule has 0 spiro atoms. The van der Waals surface area contributed by atoms with Crippen molar-refractivity contribution in [3.8, 4) is 23.1 Å². The van der Waals surface area contributed by atoms with Gasteiger partial charge in [-0.05, 0) is 57.5 Å². The molecule has 4 atom stereocenters. The molecule has 2 saturated carbocycles. The topological polar surface area (TPSA) is 101 Å². The fourth-order valence-corrected chi connectivity index (χ4v) is 5.29. The molecule has 8 nitrogen and oxygen atoms in total. The van der Waals surface area contributed by atoms with Gasteiger partial charge in [-0.1, -0.05) is 0 Å². The van der Waals surface area contributed by atoms with Crippen molar-refractivity contribution in [2.75, 3.05) is 12.0 Å². The third kappa shape index (κ3) is 4.00. The largest absolute Gasteiger partial charge is 0.495 e. The highest BCUT2D eigenvalue weighted by Gasteiger charge is 2.81. The van der Waals surface area contributed by atoms with Crippen LogP contribution in [0.5, 0.6) is 5.75 Å². The van der Waals surface area contributed by atoms with Crippen LogP contribution in [0.1, 0.15) is 38.4 Å². The fraction of sp³-hybridized carbons (Fsp3) is 0.370. The van der Waals surface area contributed by atoms with Gasteiger partial charge in [0.2, 0.25) is 0 Å². The van der Waals surface area contributed by atoms with Crippen LogP contribution in [0.3, 0.4) is 0 Å². The molecular weight excluding hydrogens is 499 g/mol. The van der Waals surface area contributed by atoms with Gasteiger partial charge in [0.25, 0.3) is 0 Å². The van der Waals surface area contributed by atoms with Gasteiger partial charge in [-0.15, -0.1) is 10.2 Å². The summed E-state index contributed by atoms with van der Waals surface area (Å²) in [6, 6.07) is 9.04. The zero-order valence-electron chi connectivity index (χ0n) is 21.1. The van der Waals surface area contributed by atoms with Gasteiger partial charge in [0, 0.05) is 29.2 Å². The van der Waals surface area contributed by atoms with Crippen molar-refractivity contribution in [1.29, 1.82) is 5.26 Å². The number of aromatic nitrogens is 3. The maximum Gasteiger partial charge on any atom is 0.416 e. The van der Waals surface area contributed by atoms with E-state index in [0.717, 1.165) is 6.07 Å². The predicted octanol–water partition coefficient (Wildman–Crippen LogP) is 5.12. The number of carbonyl (C=O) groups is 1. The van der Waals surface area contributed by atoms with E-state index < -0.39 is 46.9 Å². The highest BCUT2D eigenvalue weighted by molar-refractivity contribution is 5.89. The van der Waals surface area contributed by atoms with E-state index in [4.69, 9.17) is 9.47 Å². The predicted molar refractivity (Wildman–Crippen MR) is 130 cm³/mol. The number of carbonyl (C=O) groups excluding carboxylic acids is 1. The van der Waals surface area contributed by atoms with Gasteiger partial charge in [0.15, 0.2) is 5.82 Å². The molecule has 2 fully saturated rings. The van der Waals surface area contributed by atoms with Gasteiger partial charge in [-0.25, -0.2) is 18.0 Å². The number of nitrogens with zero attached hydrogens (tertiary/aromatic N) is 5. The first-order valence-corrected chi connectivity index (χ1v) is 11.9. The molecule has 2 unspecified atom stereocenters. The summed E-state index contributed by atoms with van der Waals surface area (Å²) in [6.07, 6.45) is -0.647. The van der Waals surface area contributed by atoms with E-state index in [1.54, 1.807) is 20.8 Å². The molecule has 1 aromatic carbocycles. The lowest BCUT2D eigenvalue weighted by molar-refractivity contribution is 0.0573. The standard InChI is InChI=1S/C27H24F3N5O3/c1-26(2,3)38-25(36)35(24-22-18(30)12-27(22,24)23-16(28)6-5-9-32-23)21-8-7-19(33-34-21)15-10-14(13-31)20(37-4)11-17(15)29/h5-11,18,22,24H,12H2,1-4H3/t18-,22?,24?,27+/m1/s1. The Morgan fingerprint density at radius 1 is 1.18 bits per heavy atom. The van der Waals surface area contributed by atoms with Crippen molar-refractivity contribution >= 4 is 11.9 Å². The molecule has 5 rings (SSSR count). The van der Waals surface area contributed by atoms with Crippen molar-refractivity contribution in [3.05, 3.63) is 65.5 Å². The Hall–Kier alpha value is -4.20. The molecule has 2 aliphatic rings. The molecule has 11 heteroatoms. The van der Waals surface area contributed by atoms with E-state index >= 15 is 0 Å². The van der Waals surface area contributed by atoms with E-state index in [1.165, 1.54) is 48.5 Å². The summed E-state index contributed by atoms with van der Waals surface area (Å²) in [7, 11) is 1.33. The van der Waals surface area contributed by atoms with Crippen molar-refractivity contribution in [2.45, 2.75) is 50.4 Å². The highest BCUT2D eigenvalue weighted by atomic mass is 19.1. The lowest BCUT2D eigenvalue weighted by atomic mass is 9.80. The molecular formula is C27H24F3N5O3. The van der Waals surface area contributed by atoms with E-state index in [2.05, 4.69) is 15.2 Å². The number of hydrogen-bond acceptors (Lipinski definition) is 7. The monoisotopic (exact) mass is 523 g/mol. The minimum absolute atomic E-state index is 0.00489. The number of hydrogen-bond donors (Lipinski definition) is 0. The first kappa shape index (κ1) is 25.4. The molecule has 196 valence electrons. The Balaban J connectivity index is 1.54. The SMILES string of the molecule is COc1cc(F)c(-c2ccc(N(C(=O)OC(C)(C)C)C3C4[C@H](F)C[C@@]43c3ncccc3F)nn2)cc1C#N. The van der Waals surface area contributed by atoms with E-state index in [9.17, 15) is 23.2 Å². The fourth-order valence-electron chi connectivity index (χ4n) is 5.29. The third-order valence-electron chi connectivity index (χ3n) is 6.93. The molecule has 2 aliphatic carbocycles. The Bertz CT molecular complexity index is 1450. The zero-order valence-corrected chi connectivity index (χ0v) is 21.1. The van der Waals surface area contributed by atoms with Crippen LogP contribution >= 0.6 is 0 Å². The molecule has 3 aromatic rings.